The summed E-state index contributed by atoms with van der Waals surface area (Å²) >= 11 is 0. The first-order valence-electron chi connectivity index (χ1n) is 3.94. The Morgan fingerprint density at radius 3 is 3.14 bits per heavy atom. The van der Waals surface area contributed by atoms with E-state index in [0.29, 0.717) is 11.0 Å². The molecule has 2 aromatic rings. The fourth-order valence-corrected chi connectivity index (χ4v) is 1.21. The topological polar surface area (TPSA) is 55.0 Å². The minimum atomic E-state index is -0.827. The highest BCUT2D eigenvalue weighted by atomic mass is 19.1. The SMILES string of the molecule is COC(=O)c1cc2cc[nH]c2nc1F. The maximum absolute atomic E-state index is 13.2. The van der Waals surface area contributed by atoms with Crippen LogP contribution in [0.4, 0.5) is 4.39 Å². The molecular formula is C9H7FN2O2. The van der Waals surface area contributed by atoms with Crippen LogP contribution in [0.3, 0.4) is 0 Å². The number of halogens is 1. The summed E-state index contributed by atoms with van der Waals surface area (Å²) in [5.74, 6) is -1.55. The van der Waals surface area contributed by atoms with Crippen molar-refractivity contribution >= 4 is 17.0 Å². The zero-order valence-corrected chi connectivity index (χ0v) is 7.37. The van der Waals surface area contributed by atoms with Crippen LogP contribution in [0.5, 0.6) is 0 Å². The number of methoxy groups -OCH3 is 1. The Balaban J connectivity index is 2.64. The zero-order chi connectivity index (χ0) is 10.1. The fraction of sp³-hybridized carbons (Fsp3) is 0.111. The molecule has 14 heavy (non-hydrogen) atoms. The number of H-pyrrole nitrogens is 1. The maximum atomic E-state index is 13.2. The van der Waals surface area contributed by atoms with Crippen LogP contribution in [0.2, 0.25) is 0 Å². The van der Waals surface area contributed by atoms with Gasteiger partial charge in [0.1, 0.15) is 11.2 Å². The Bertz CT molecular complexity index is 493. The lowest BCUT2D eigenvalue weighted by atomic mass is 10.2. The lowest BCUT2D eigenvalue weighted by Crippen LogP contribution is -2.05. The number of rotatable bonds is 1. The number of ether oxygens (including phenoxy) is 1. The predicted octanol–water partition coefficient (Wildman–Crippen LogP) is 1.49. The fourth-order valence-electron chi connectivity index (χ4n) is 1.21. The summed E-state index contributed by atoms with van der Waals surface area (Å²) in [7, 11) is 1.20. The molecule has 5 heteroatoms. The first kappa shape index (κ1) is 8.68. The Morgan fingerprint density at radius 1 is 1.64 bits per heavy atom. The van der Waals surface area contributed by atoms with Crippen LogP contribution in [0, 0.1) is 5.95 Å². The number of carbonyl (C=O) groups excluding carboxylic acids is 1. The molecule has 0 aliphatic carbocycles. The second-order valence-electron chi connectivity index (χ2n) is 2.73. The molecule has 2 aromatic heterocycles. The van der Waals surface area contributed by atoms with Gasteiger partial charge in [-0.3, -0.25) is 0 Å². The molecular weight excluding hydrogens is 187 g/mol. The Labute approximate surface area is 78.7 Å². The average molecular weight is 194 g/mol. The third-order valence-corrected chi connectivity index (χ3v) is 1.89. The molecule has 0 amide bonds. The van der Waals surface area contributed by atoms with E-state index in [1.807, 2.05) is 0 Å². The van der Waals surface area contributed by atoms with Crippen molar-refractivity contribution < 1.29 is 13.9 Å². The molecule has 0 aromatic carbocycles. The van der Waals surface area contributed by atoms with Gasteiger partial charge in [-0.15, -0.1) is 0 Å². The summed E-state index contributed by atoms with van der Waals surface area (Å²) in [5.41, 5.74) is 0.259. The van der Waals surface area contributed by atoms with Gasteiger partial charge in [0, 0.05) is 11.6 Å². The van der Waals surface area contributed by atoms with Crippen molar-refractivity contribution in [1.29, 1.82) is 0 Å². The monoisotopic (exact) mass is 194 g/mol. The third kappa shape index (κ3) is 1.22. The van der Waals surface area contributed by atoms with Crippen LogP contribution < -0.4 is 0 Å². The van der Waals surface area contributed by atoms with E-state index in [-0.39, 0.29) is 5.56 Å². The Hall–Kier alpha value is -1.91. The van der Waals surface area contributed by atoms with E-state index >= 15 is 0 Å². The summed E-state index contributed by atoms with van der Waals surface area (Å²) in [4.78, 5) is 17.4. The number of nitrogens with one attached hydrogen (secondary N) is 1. The molecule has 2 rings (SSSR count). The van der Waals surface area contributed by atoms with Crippen molar-refractivity contribution in [3.05, 3.63) is 29.8 Å². The normalized spacial score (nSPS) is 10.4. The second kappa shape index (κ2) is 3.10. The lowest BCUT2D eigenvalue weighted by Gasteiger charge is -1.99. The van der Waals surface area contributed by atoms with E-state index in [2.05, 4.69) is 14.7 Å². The molecule has 0 atom stereocenters. The van der Waals surface area contributed by atoms with Crippen LogP contribution in [0.15, 0.2) is 18.3 Å². The number of esters is 1. The van der Waals surface area contributed by atoms with E-state index in [1.165, 1.54) is 13.2 Å². The molecule has 0 aliphatic rings. The van der Waals surface area contributed by atoms with Crippen LogP contribution >= 0.6 is 0 Å². The van der Waals surface area contributed by atoms with Crippen molar-refractivity contribution in [3.63, 3.8) is 0 Å². The number of carbonyl (C=O) groups is 1. The van der Waals surface area contributed by atoms with Crippen LogP contribution in [0.1, 0.15) is 10.4 Å². The molecule has 0 saturated heterocycles. The molecule has 1 N–H and O–H groups in total. The molecule has 0 spiro atoms. The zero-order valence-electron chi connectivity index (χ0n) is 7.37. The average Bonchev–Trinajstić information content (AvgIpc) is 2.62. The molecule has 0 aliphatic heterocycles. The Morgan fingerprint density at radius 2 is 2.43 bits per heavy atom. The summed E-state index contributed by atoms with van der Waals surface area (Å²) < 4.78 is 17.6. The highest BCUT2D eigenvalue weighted by Crippen LogP contribution is 2.15. The van der Waals surface area contributed by atoms with Gasteiger partial charge >= 0.3 is 5.97 Å². The standard InChI is InChI=1S/C9H7FN2O2/c1-14-9(13)6-4-5-2-3-11-8(5)12-7(6)10/h2-4H,1H3,(H,11,12). The van der Waals surface area contributed by atoms with Crippen LogP contribution in [-0.4, -0.2) is 23.0 Å². The minimum Gasteiger partial charge on any atom is -0.465 e. The van der Waals surface area contributed by atoms with Gasteiger partial charge in [-0.2, -0.15) is 4.39 Å². The molecule has 0 unspecified atom stereocenters. The van der Waals surface area contributed by atoms with Crippen LogP contribution in [0.25, 0.3) is 11.0 Å². The first-order chi connectivity index (χ1) is 6.72. The molecule has 0 bridgehead atoms. The van der Waals surface area contributed by atoms with Gasteiger partial charge in [-0.25, -0.2) is 9.78 Å². The first-order valence-corrected chi connectivity index (χ1v) is 3.94. The van der Waals surface area contributed by atoms with Gasteiger partial charge in [0.15, 0.2) is 0 Å². The van der Waals surface area contributed by atoms with Gasteiger partial charge in [0.2, 0.25) is 5.95 Å². The molecule has 2 heterocycles. The maximum Gasteiger partial charge on any atom is 0.342 e. The number of nitrogens with zero attached hydrogens (tertiary/aromatic N) is 1. The summed E-state index contributed by atoms with van der Waals surface area (Å²) in [6.45, 7) is 0. The number of hydrogen-bond acceptors (Lipinski definition) is 3. The van der Waals surface area contributed by atoms with Crippen molar-refractivity contribution in [2.24, 2.45) is 0 Å². The van der Waals surface area contributed by atoms with Crippen molar-refractivity contribution in [1.82, 2.24) is 9.97 Å². The largest absolute Gasteiger partial charge is 0.465 e. The molecule has 0 saturated carbocycles. The number of hydrogen-bond donors (Lipinski definition) is 1. The lowest BCUT2D eigenvalue weighted by molar-refractivity contribution is 0.0594. The van der Waals surface area contributed by atoms with Gasteiger partial charge in [0.05, 0.1) is 7.11 Å². The van der Waals surface area contributed by atoms with E-state index in [9.17, 15) is 9.18 Å². The van der Waals surface area contributed by atoms with Gasteiger partial charge in [-0.1, -0.05) is 0 Å². The summed E-state index contributed by atoms with van der Waals surface area (Å²) in [5, 5.41) is 0.673. The summed E-state index contributed by atoms with van der Waals surface area (Å²) in [6, 6.07) is 3.11. The van der Waals surface area contributed by atoms with Crippen molar-refractivity contribution in [2.45, 2.75) is 0 Å². The number of pyridine rings is 1. The number of aromatic nitrogens is 2. The highest BCUT2D eigenvalue weighted by Gasteiger charge is 2.14. The quantitative estimate of drug-likeness (QED) is 0.552. The molecule has 0 fully saturated rings. The second-order valence-corrected chi connectivity index (χ2v) is 2.73. The molecule has 72 valence electrons. The van der Waals surface area contributed by atoms with E-state index in [0.717, 1.165) is 0 Å². The van der Waals surface area contributed by atoms with Gasteiger partial charge in [0.25, 0.3) is 0 Å². The van der Waals surface area contributed by atoms with E-state index in [1.54, 1.807) is 12.3 Å². The van der Waals surface area contributed by atoms with Crippen molar-refractivity contribution in [3.8, 4) is 0 Å². The van der Waals surface area contributed by atoms with Gasteiger partial charge < -0.3 is 9.72 Å². The summed E-state index contributed by atoms with van der Waals surface area (Å²) in [6.07, 6.45) is 1.62. The molecule has 4 nitrogen and oxygen atoms in total. The predicted molar refractivity (Wildman–Crippen MR) is 47.4 cm³/mol. The van der Waals surface area contributed by atoms with Crippen LogP contribution in [-0.2, 0) is 4.74 Å². The third-order valence-electron chi connectivity index (χ3n) is 1.89. The minimum absolute atomic E-state index is 0.153. The number of fused-ring (bicyclic) bond motifs is 1. The Kier molecular flexibility index (Phi) is 1.92. The molecule has 0 radical (unpaired) electrons. The van der Waals surface area contributed by atoms with E-state index in [4.69, 9.17) is 0 Å². The highest BCUT2D eigenvalue weighted by molar-refractivity contribution is 5.93. The van der Waals surface area contributed by atoms with Crippen molar-refractivity contribution in [2.75, 3.05) is 7.11 Å². The van der Waals surface area contributed by atoms with E-state index < -0.39 is 11.9 Å². The van der Waals surface area contributed by atoms with Gasteiger partial charge in [-0.05, 0) is 12.1 Å². The number of aromatic amines is 1. The smallest absolute Gasteiger partial charge is 0.342 e.